The van der Waals surface area contributed by atoms with Gasteiger partial charge in [-0.05, 0) is 36.8 Å². The predicted octanol–water partition coefficient (Wildman–Crippen LogP) is 6.29. The average Bonchev–Trinajstić information content (AvgIpc) is 3.35. The van der Waals surface area contributed by atoms with Crippen molar-refractivity contribution in [3.63, 3.8) is 0 Å². The second kappa shape index (κ2) is 11.4. The molecule has 0 saturated carbocycles. The van der Waals surface area contributed by atoms with Crippen molar-refractivity contribution in [1.29, 1.82) is 5.41 Å². The van der Waals surface area contributed by atoms with Crippen LogP contribution in [0.3, 0.4) is 0 Å². The highest BCUT2D eigenvalue weighted by Gasteiger charge is 2.25. The molecule has 178 valence electrons. The van der Waals surface area contributed by atoms with Crippen LogP contribution >= 0.6 is 23.4 Å². The molecular weight excluding hydrogens is 476 g/mol. The van der Waals surface area contributed by atoms with Crippen LogP contribution in [0.15, 0.2) is 57.9 Å². The first-order valence-corrected chi connectivity index (χ1v) is 11.4. The zero-order chi connectivity index (χ0) is 24.8. The van der Waals surface area contributed by atoms with Crippen molar-refractivity contribution in [3.8, 4) is 22.8 Å². The zero-order valence-corrected chi connectivity index (χ0v) is 21.0. The van der Waals surface area contributed by atoms with Gasteiger partial charge < -0.3 is 18.6 Å². The Labute approximate surface area is 207 Å². The third-order valence-corrected chi connectivity index (χ3v) is 6.38. The third-order valence-electron chi connectivity index (χ3n) is 5.09. The first-order valence-electron chi connectivity index (χ1n) is 10.2. The first kappa shape index (κ1) is 25.6. The van der Waals surface area contributed by atoms with Crippen LogP contribution in [-0.2, 0) is 4.74 Å². The van der Waals surface area contributed by atoms with Gasteiger partial charge in [0.2, 0.25) is 5.78 Å². The van der Waals surface area contributed by atoms with Crippen molar-refractivity contribution in [3.05, 3.63) is 70.4 Å². The molecule has 1 aromatic heterocycles. The molecule has 9 heteroatoms. The maximum Gasteiger partial charge on any atom is 0.231 e. The highest BCUT2D eigenvalue weighted by Crippen LogP contribution is 2.39. The number of carbonyl (C=O) groups is 1. The molecule has 1 unspecified atom stereocenters. The lowest BCUT2D eigenvalue weighted by Gasteiger charge is -2.14. The summed E-state index contributed by atoms with van der Waals surface area (Å²) in [5.41, 5.74) is 2.03. The van der Waals surface area contributed by atoms with Crippen LogP contribution in [0.25, 0.3) is 11.3 Å². The van der Waals surface area contributed by atoms with Gasteiger partial charge in [-0.15, -0.1) is 0 Å². The van der Waals surface area contributed by atoms with Gasteiger partial charge in [0.15, 0.2) is 5.76 Å². The van der Waals surface area contributed by atoms with E-state index < -0.39 is 6.10 Å². The molecule has 1 heterocycles. The van der Waals surface area contributed by atoms with Gasteiger partial charge in [-0.1, -0.05) is 47.6 Å². The lowest BCUT2D eigenvalue weighted by molar-refractivity contribution is 0.0577. The number of Topliss-reactive ketones (excluding diaryl/α,β-unsaturated/α-hetero) is 1. The second-order valence-electron chi connectivity index (χ2n) is 7.13. The highest BCUT2D eigenvalue weighted by atomic mass is 35.5. The number of methoxy groups -OCH3 is 3. The molecule has 34 heavy (non-hydrogen) atoms. The normalized spacial score (nSPS) is 12.4. The van der Waals surface area contributed by atoms with Gasteiger partial charge >= 0.3 is 0 Å². The largest absolute Gasteiger partial charge is 0.495 e. The number of aliphatic imine (C=N–C) groups is 1. The Bertz CT molecular complexity index is 1200. The molecule has 3 aromatic rings. The number of rotatable bonds is 8. The Balaban J connectivity index is 1.84. The van der Waals surface area contributed by atoms with E-state index in [-0.39, 0.29) is 11.5 Å². The Morgan fingerprint density at radius 3 is 2.21 bits per heavy atom. The quantitative estimate of drug-likeness (QED) is 0.222. The smallest absolute Gasteiger partial charge is 0.231 e. The molecule has 1 atom stereocenters. The van der Waals surface area contributed by atoms with Crippen molar-refractivity contribution < 1.29 is 23.4 Å². The molecule has 0 amide bonds. The van der Waals surface area contributed by atoms with E-state index in [9.17, 15) is 4.79 Å². The number of furan rings is 1. The molecule has 1 N–H and O–H groups in total. The standard InChI is InChI=1S/C25H25ClN2O5S/c1-14(28-2)34-25(27)16-8-6-15(7-9-16)24(32-5)23(29)19-11-10-18(33-19)17-12-20(30-3)22(26)21(13-17)31-4/h6-13,24,27H,1-5H3. The summed E-state index contributed by atoms with van der Waals surface area (Å²) in [6.07, 6.45) is -0.858. The van der Waals surface area contributed by atoms with E-state index in [2.05, 4.69) is 4.99 Å². The number of hydrogen-bond donors (Lipinski definition) is 1. The van der Waals surface area contributed by atoms with E-state index in [1.54, 1.807) is 55.6 Å². The molecule has 0 bridgehead atoms. The molecule has 0 aliphatic carbocycles. The number of nitrogens with one attached hydrogen (secondary N) is 1. The summed E-state index contributed by atoms with van der Waals surface area (Å²) in [6, 6.07) is 13.8. The lowest BCUT2D eigenvalue weighted by Crippen LogP contribution is -2.14. The summed E-state index contributed by atoms with van der Waals surface area (Å²) >= 11 is 7.52. The third kappa shape index (κ3) is 5.52. The van der Waals surface area contributed by atoms with Gasteiger partial charge in [0, 0.05) is 25.3 Å². The van der Waals surface area contributed by atoms with Crippen molar-refractivity contribution in [2.45, 2.75) is 13.0 Å². The molecular formula is C25H25ClN2O5S. The minimum Gasteiger partial charge on any atom is -0.495 e. The van der Waals surface area contributed by atoms with Crippen molar-refractivity contribution in [2.24, 2.45) is 4.99 Å². The van der Waals surface area contributed by atoms with Gasteiger partial charge in [0.1, 0.15) is 33.4 Å². The number of thioether (sulfide) groups is 1. The van der Waals surface area contributed by atoms with Crippen LogP contribution in [0.2, 0.25) is 5.02 Å². The zero-order valence-electron chi connectivity index (χ0n) is 19.5. The summed E-state index contributed by atoms with van der Waals surface area (Å²) in [6.45, 7) is 1.85. The second-order valence-corrected chi connectivity index (χ2v) is 8.72. The van der Waals surface area contributed by atoms with Crippen LogP contribution in [0.5, 0.6) is 11.5 Å². The van der Waals surface area contributed by atoms with Gasteiger partial charge in [-0.3, -0.25) is 15.2 Å². The summed E-state index contributed by atoms with van der Waals surface area (Å²) in [4.78, 5) is 17.2. The molecule has 0 aliphatic rings. The number of halogens is 1. The topological polar surface area (TPSA) is 94.1 Å². The predicted molar refractivity (Wildman–Crippen MR) is 136 cm³/mol. The van der Waals surface area contributed by atoms with Crippen LogP contribution in [0.4, 0.5) is 0 Å². The molecule has 2 aromatic carbocycles. The van der Waals surface area contributed by atoms with Crippen LogP contribution in [0, 0.1) is 5.41 Å². The van der Waals surface area contributed by atoms with Gasteiger partial charge in [-0.2, -0.15) is 0 Å². The maximum absolute atomic E-state index is 13.2. The van der Waals surface area contributed by atoms with E-state index in [0.717, 1.165) is 10.6 Å². The van der Waals surface area contributed by atoms with Gasteiger partial charge in [0.05, 0.1) is 19.3 Å². The van der Waals surface area contributed by atoms with Crippen molar-refractivity contribution in [2.75, 3.05) is 28.4 Å². The van der Waals surface area contributed by atoms with Crippen molar-refractivity contribution >= 4 is 39.2 Å². The minimum absolute atomic E-state index is 0.150. The average molecular weight is 501 g/mol. The van der Waals surface area contributed by atoms with E-state index >= 15 is 0 Å². The number of carbonyl (C=O) groups excluding carboxylic acids is 1. The van der Waals surface area contributed by atoms with E-state index in [4.69, 9.17) is 35.6 Å². The Kier molecular flexibility index (Phi) is 8.55. The molecule has 0 spiro atoms. The summed E-state index contributed by atoms with van der Waals surface area (Å²) < 4.78 is 22.0. The Morgan fingerprint density at radius 1 is 1.06 bits per heavy atom. The van der Waals surface area contributed by atoms with E-state index in [1.807, 2.05) is 6.92 Å². The lowest BCUT2D eigenvalue weighted by atomic mass is 10.0. The van der Waals surface area contributed by atoms with E-state index in [0.29, 0.717) is 38.5 Å². The fourth-order valence-electron chi connectivity index (χ4n) is 3.22. The van der Waals surface area contributed by atoms with Crippen molar-refractivity contribution in [1.82, 2.24) is 0 Å². The summed E-state index contributed by atoms with van der Waals surface area (Å²) in [5.74, 6) is 1.14. The number of ether oxygens (including phenoxy) is 3. The number of nitrogens with zero attached hydrogens (tertiary/aromatic N) is 1. The molecule has 0 fully saturated rings. The highest BCUT2D eigenvalue weighted by molar-refractivity contribution is 8.26. The minimum atomic E-state index is -0.858. The fourth-order valence-corrected chi connectivity index (χ4v) is 4.13. The number of ketones is 1. The fraction of sp³-hybridized carbons (Fsp3) is 0.240. The SMILES string of the molecule is CN=C(C)SC(=N)c1ccc(C(OC)C(=O)c2ccc(-c3cc(OC)c(Cl)c(OC)c3)o2)cc1. The number of benzene rings is 2. The molecule has 0 radical (unpaired) electrons. The summed E-state index contributed by atoms with van der Waals surface area (Å²) in [7, 11) is 6.17. The monoisotopic (exact) mass is 500 g/mol. The van der Waals surface area contributed by atoms with Gasteiger partial charge in [0.25, 0.3) is 0 Å². The van der Waals surface area contributed by atoms with E-state index in [1.165, 1.54) is 33.1 Å². The first-order chi connectivity index (χ1) is 16.3. The maximum atomic E-state index is 13.2. The van der Waals surface area contributed by atoms with Gasteiger partial charge in [-0.25, -0.2) is 0 Å². The summed E-state index contributed by atoms with van der Waals surface area (Å²) in [5, 5.41) is 9.72. The molecule has 7 nitrogen and oxygen atoms in total. The van der Waals surface area contributed by atoms with Crippen LogP contribution in [0.1, 0.15) is 34.7 Å². The molecule has 3 rings (SSSR count). The van der Waals surface area contributed by atoms with Crippen LogP contribution < -0.4 is 9.47 Å². The Hall–Kier alpha value is -3.07. The Morgan fingerprint density at radius 2 is 1.68 bits per heavy atom. The number of hydrogen-bond acceptors (Lipinski definition) is 8. The molecule has 0 aliphatic heterocycles. The van der Waals surface area contributed by atoms with Crippen LogP contribution in [-0.4, -0.2) is 44.2 Å². The molecule has 0 saturated heterocycles.